The Labute approximate surface area is 113 Å². The number of esters is 1. The summed E-state index contributed by atoms with van der Waals surface area (Å²) in [5.74, 6) is -1.21. The van der Waals surface area contributed by atoms with Crippen LogP contribution in [0.25, 0.3) is 0 Å². The number of hydrogen-bond acceptors (Lipinski definition) is 5. The minimum Gasteiger partial charge on any atom is -0.459 e. The number of aromatic nitrogens is 2. The Morgan fingerprint density at radius 3 is 3.00 bits per heavy atom. The van der Waals surface area contributed by atoms with Crippen molar-refractivity contribution in [2.75, 3.05) is 6.61 Å². The predicted octanol–water partition coefficient (Wildman–Crippen LogP) is 2.63. The lowest BCUT2D eigenvalue weighted by Gasteiger charge is -1.99. The molecular formula is C12H10ClFN2O3. The molecule has 0 saturated heterocycles. The molecule has 0 saturated carbocycles. The Kier molecular flexibility index (Phi) is 4.11. The Morgan fingerprint density at radius 2 is 2.32 bits per heavy atom. The van der Waals surface area contributed by atoms with Crippen LogP contribution >= 0.6 is 11.6 Å². The first-order valence-electron chi connectivity index (χ1n) is 5.53. The van der Waals surface area contributed by atoms with Gasteiger partial charge in [-0.3, -0.25) is 0 Å². The van der Waals surface area contributed by atoms with Gasteiger partial charge in [0.05, 0.1) is 6.61 Å². The highest BCUT2D eigenvalue weighted by Gasteiger charge is 2.17. The van der Waals surface area contributed by atoms with Crippen LogP contribution in [-0.4, -0.2) is 22.7 Å². The standard InChI is InChI=1S/C12H10ClFN2O3/c1-2-18-12(17)11-15-10(16-19-11)5-7-3-4-8(13)6-9(7)14/h3-4,6H,2,5H2,1H3. The van der Waals surface area contributed by atoms with Gasteiger partial charge in [0, 0.05) is 11.4 Å². The lowest BCUT2D eigenvalue weighted by molar-refractivity contribution is 0.0470. The molecule has 0 aliphatic heterocycles. The fraction of sp³-hybridized carbons (Fsp3) is 0.250. The average Bonchev–Trinajstić information content (AvgIpc) is 2.82. The van der Waals surface area contributed by atoms with E-state index in [1.807, 2.05) is 0 Å². The number of ether oxygens (including phenoxy) is 1. The SMILES string of the molecule is CCOC(=O)c1nc(Cc2ccc(Cl)cc2F)no1. The molecule has 0 N–H and O–H groups in total. The average molecular weight is 285 g/mol. The molecular weight excluding hydrogens is 275 g/mol. The molecule has 100 valence electrons. The van der Waals surface area contributed by atoms with E-state index in [2.05, 4.69) is 10.1 Å². The first kappa shape index (κ1) is 13.5. The Balaban J connectivity index is 2.13. The molecule has 0 fully saturated rings. The van der Waals surface area contributed by atoms with Gasteiger partial charge in [-0.25, -0.2) is 9.18 Å². The smallest absolute Gasteiger partial charge is 0.397 e. The first-order valence-corrected chi connectivity index (χ1v) is 5.91. The summed E-state index contributed by atoms with van der Waals surface area (Å²) >= 11 is 5.65. The van der Waals surface area contributed by atoms with Crippen molar-refractivity contribution in [1.29, 1.82) is 0 Å². The van der Waals surface area contributed by atoms with Crippen molar-refractivity contribution in [3.8, 4) is 0 Å². The predicted molar refractivity (Wildman–Crippen MR) is 64.5 cm³/mol. The zero-order chi connectivity index (χ0) is 13.8. The third-order valence-corrected chi connectivity index (χ3v) is 2.52. The molecule has 2 aromatic rings. The molecule has 0 aliphatic rings. The highest BCUT2D eigenvalue weighted by atomic mass is 35.5. The maximum Gasteiger partial charge on any atom is 0.397 e. The molecule has 1 aromatic carbocycles. The van der Waals surface area contributed by atoms with Crippen molar-refractivity contribution < 1.29 is 18.4 Å². The van der Waals surface area contributed by atoms with Crippen molar-refractivity contribution >= 4 is 17.6 Å². The lowest BCUT2D eigenvalue weighted by atomic mass is 10.1. The lowest BCUT2D eigenvalue weighted by Crippen LogP contribution is -2.05. The van der Waals surface area contributed by atoms with Crippen LogP contribution in [0.1, 0.15) is 29.0 Å². The van der Waals surface area contributed by atoms with Crippen LogP contribution in [0.15, 0.2) is 22.7 Å². The fourth-order valence-electron chi connectivity index (χ4n) is 1.44. The van der Waals surface area contributed by atoms with Crippen LogP contribution in [0, 0.1) is 5.82 Å². The van der Waals surface area contributed by atoms with Gasteiger partial charge >= 0.3 is 11.9 Å². The van der Waals surface area contributed by atoms with E-state index in [1.54, 1.807) is 13.0 Å². The molecule has 0 bridgehead atoms. The van der Waals surface area contributed by atoms with Crippen molar-refractivity contribution in [2.24, 2.45) is 0 Å². The summed E-state index contributed by atoms with van der Waals surface area (Å²) in [6.07, 6.45) is 0.103. The topological polar surface area (TPSA) is 65.2 Å². The van der Waals surface area contributed by atoms with E-state index in [0.29, 0.717) is 10.6 Å². The van der Waals surface area contributed by atoms with Gasteiger partial charge in [0.1, 0.15) is 5.82 Å². The summed E-state index contributed by atoms with van der Waals surface area (Å²) in [5.41, 5.74) is 0.362. The summed E-state index contributed by atoms with van der Waals surface area (Å²) < 4.78 is 23.0. The highest BCUT2D eigenvalue weighted by Crippen LogP contribution is 2.17. The number of rotatable bonds is 4. The van der Waals surface area contributed by atoms with Crippen LogP contribution < -0.4 is 0 Å². The molecule has 19 heavy (non-hydrogen) atoms. The minimum absolute atomic E-state index is 0.103. The van der Waals surface area contributed by atoms with E-state index in [0.717, 1.165) is 0 Å². The quantitative estimate of drug-likeness (QED) is 0.808. The van der Waals surface area contributed by atoms with Crippen molar-refractivity contribution in [3.63, 3.8) is 0 Å². The number of nitrogens with zero attached hydrogens (tertiary/aromatic N) is 2. The molecule has 0 amide bonds. The van der Waals surface area contributed by atoms with Crippen LogP contribution in [0.4, 0.5) is 4.39 Å². The molecule has 0 radical (unpaired) electrons. The van der Waals surface area contributed by atoms with Gasteiger partial charge in [-0.1, -0.05) is 22.8 Å². The molecule has 0 unspecified atom stereocenters. The summed E-state index contributed by atoms with van der Waals surface area (Å²) in [4.78, 5) is 15.1. The van der Waals surface area contributed by atoms with Crippen LogP contribution in [0.3, 0.4) is 0 Å². The second-order valence-electron chi connectivity index (χ2n) is 3.65. The number of hydrogen-bond donors (Lipinski definition) is 0. The molecule has 7 heteroatoms. The maximum atomic E-state index is 13.6. The fourth-order valence-corrected chi connectivity index (χ4v) is 1.60. The summed E-state index contributed by atoms with van der Waals surface area (Å²) in [5, 5.41) is 3.90. The first-order chi connectivity index (χ1) is 9.10. The largest absolute Gasteiger partial charge is 0.459 e. The van der Waals surface area contributed by atoms with Gasteiger partial charge < -0.3 is 9.26 Å². The molecule has 2 rings (SSSR count). The summed E-state index contributed by atoms with van der Waals surface area (Å²) in [7, 11) is 0. The summed E-state index contributed by atoms with van der Waals surface area (Å²) in [6, 6.07) is 4.29. The number of carbonyl (C=O) groups is 1. The third-order valence-electron chi connectivity index (χ3n) is 2.28. The van der Waals surface area contributed by atoms with E-state index in [-0.39, 0.29) is 24.7 Å². The Bertz CT molecular complexity index is 600. The monoisotopic (exact) mass is 284 g/mol. The zero-order valence-corrected chi connectivity index (χ0v) is 10.8. The Hall–Kier alpha value is -1.95. The van der Waals surface area contributed by atoms with Gasteiger partial charge in [-0.05, 0) is 24.6 Å². The van der Waals surface area contributed by atoms with Crippen LogP contribution in [0.5, 0.6) is 0 Å². The highest BCUT2D eigenvalue weighted by molar-refractivity contribution is 6.30. The Morgan fingerprint density at radius 1 is 1.53 bits per heavy atom. The molecule has 0 atom stereocenters. The van der Waals surface area contributed by atoms with Gasteiger partial charge in [0.2, 0.25) is 0 Å². The van der Waals surface area contributed by atoms with Crippen molar-refractivity contribution in [2.45, 2.75) is 13.3 Å². The van der Waals surface area contributed by atoms with E-state index in [4.69, 9.17) is 20.9 Å². The van der Waals surface area contributed by atoms with Crippen LogP contribution in [-0.2, 0) is 11.2 Å². The van der Waals surface area contributed by atoms with Gasteiger partial charge in [-0.15, -0.1) is 0 Å². The van der Waals surface area contributed by atoms with Gasteiger partial charge in [0.25, 0.3) is 0 Å². The minimum atomic E-state index is -0.696. The van der Waals surface area contributed by atoms with Crippen LogP contribution in [0.2, 0.25) is 5.02 Å². The van der Waals surface area contributed by atoms with E-state index in [9.17, 15) is 9.18 Å². The molecule has 0 spiro atoms. The molecule has 5 nitrogen and oxygen atoms in total. The molecule has 1 aromatic heterocycles. The van der Waals surface area contributed by atoms with Crippen molar-refractivity contribution in [1.82, 2.24) is 10.1 Å². The van der Waals surface area contributed by atoms with Crippen molar-refractivity contribution in [3.05, 3.63) is 46.3 Å². The summed E-state index contributed by atoms with van der Waals surface area (Å²) in [6.45, 7) is 1.88. The zero-order valence-electron chi connectivity index (χ0n) is 10.0. The van der Waals surface area contributed by atoms with E-state index < -0.39 is 11.8 Å². The molecule has 0 aliphatic carbocycles. The third kappa shape index (κ3) is 3.29. The van der Waals surface area contributed by atoms with E-state index >= 15 is 0 Å². The maximum absolute atomic E-state index is 13.6. The molecule has 1 heterocycles. The van der Waals surface area contributed by atoms with Gasteiger partial charge in [0.15, 0.2) is 5.82 Å². The van der Waals surface area contributed by atoms with Gasteiger partial charge in [-0.2, -0.15) is 4.98 Å². The second-order valence-corrected chi connectivity index (χ2v) is 4.09. The number of halogens is 2. The second kappa shape index (κ2) is 5.79. The van der Waals surface area contributed by atoms with E-state index in [1.165, 1.54) is 12.1 Å². The normalized spacial score (nSPS) is 10.5. The number of carbonyl (C=O) groups excluding carboxylic acids is 1. The number of benzene rings is 1.